The average Bonchev–Trinajstić information content (AvgIpc) is 2.43. The van der Waals surface area contributed by atoms with Gasteiger partial charge in [-0.15, -0.1) is 0 Å². The molecule has 2 unspecified atom stereocenters. The molecule has 0 aromatic heterocycles. The topological polar surface area (TPSA) is 40.5 Å². The molecule has 2 rings (SSSR count). The summed E-state index contributed by atoms with van der Waals surface area (Å²) in [4.78, 5) is 0. The monoisotopic (exact) mass is 286 g/mol. The lowest BCUT2D eigenvalue weighted by molar-refractivity contribution is -0.0263. The number of hydrogen-bond acceptors (Lipinski definition) is 2. The largest absolute Gasteiger partial charge is 0.390 e. The van der Waals surface area contributed by atoms with Crippen LogP contribution in [-0.2, 0) is 6.42 Å². The number of hydrogen-bond donors (Lipinski definition) is 2. The lowest BCUT2D eigenvalue weighted by Gasteiger charge is -2.29. The first-order valence-corrected chi connectivity index (χ1v) is 7.26. The van der Waals surface area contributed by atoms with Gasteiger partial charge in [0.2, 0.25) is 0 Å². The fourth-order valence-electron chi connectivity index (χ4n) is 2.82. The first-order chi connectivity index (χ1) is 9.08. The Bertz CT molecular complexity index is 419. The van der Waals surface area contributed by atoms with E-state index in [-0.39, 0.29) is 17.4 Å². The average molecular weight is 287 g/mol. The van der Waals surface area contributed by atoms with Crippen LogP contribution in [-0.4, -0.2) is 22.4 Å². The molecule has 0 bridgehead atoms. The Labute approximate surface area is 118 Å². The molecule has 0 saturated heterocycles. The van der Waals surface area contributed by atoms with Crippen LogP contribution in [0.25, 0.3) is 0 Å². The molecule has 2 N–H and O–H groups in total. The van der Waals surface area contributed by atoms with Gasteiger partial charge in [-0.3, -0.25) is 0 Å². The van der Waals surface area contributed by atoms with Gasteiger partial charge in [0.15, 0.2) is 0 Å². The minimum Gasteiger partial charge on any atom is -0.390 e. The van der Waals surface area contributed by atoms with Gasteiger partial charge < -0.3 is 10.2 Å². The van der Waals surface area contributed by atoms with Gasteiger partial charge in [-0.1, -0.05) is 36.9 Å². The summed E-state index contributed by atoms with van der Waals surface area (Å²) in [5, 5.41) is 20.3. The third-order valence-corrected chi connectivity index (χ3v) is 4.26. The summed E-state index contributed by atoms with van der Waals surface area (Å²) in [6.07, 6.45) is 4.06. The van der Waals surface area contributed by atoms with Crippen molar-refractivity contribution in [2.24, 2.45) is 5.92 Å². The minimum atomic E-state index is -0.844. The third kappa shape index (κ3) is 3.91. The minimum absolute atomic E-state index is 0.0751. The van der Waals surface area contributed by atoms with E-state index in [1.165, 1.54) is 18.6 Å². The predicted octanol–water partition coefficient (Wildman–Crippen LogP) is 3.32. The molecule has 0 radical (unpaired) electrons. The summed E-state index contributed by atoms with van der Waals surface area (Å²) < 4.78 is 13.3. The van der Waals surface area contributed by atoms with E-state index in [1.54, 1.807) is 6.07 Å². The van der Waals surface area contributed by atoms with Gasteiger partial charge in [0.1, 0.15) is 5.82 Å². The highest BCUT2D eigenvalue weighted by atomic mass is 35.5. The van der Waals surface area contributed by atoms with Crippen molar-refractivity contribution in [2.75, 3.05) is 0 Å². The Balaban J connectivity index is 1.95. The number of aliphatic hydroxyl groups excluding tert-OH is 2. The molecule has 1 aromatic carbocycles. The van der Waals surface area contributed by atoms with E-state index in [9.17, 15) is 14.6 Å². The van der Waals surface area contributed by atoms with Gasteiger partial charge in [-0.25, -0.2) is 4.39 Å². The van der Waals surface area contributed by atoms with E-state index in [1.807, 2.05) is 0 Å². The number of halogens is 2. The van der Waals surface area contributed by atoms with E-state index in [4.69, 9.17) is 11.6 Å². The third-order valence-electron chi connectivity index (χ3n) is 3.96. The molecule has 19 heavy (non-hydrogen) atoms. The number of benzene rings is 1. The highest BCUT2D eigenvalue weighted by Crippen LogP contribution is 2.28. The van der Waals surface area contributed by atoms with Crippen molar-refractivity contribution in [3.8, 4) is 0 Å². The second-order valence-electron chi connectivity index (χ2n) is 5.41. The molecule has 1 aliphatic carbocycles. The van der Waals surface area contributed by atoms with Gasteiger partial charge >= 0.3 is 0 Å². The van der Waals surface area contributed by atoms with Crippen LogP contribution in [0, 0.1) is 11.7 Å². The van der Waals surface area contributed by atoms with Gasteiger partial charge in [0, 0.05) is 6.42 Å². The quantitative estimate of drug-likeness (QED) is 0.891. The van der Waals surface area contributed by atoms with Crippen molar-refractivity contribution in [2.45, 2.75) is 50.7 Å². The smallest absolute Gasteiger partial charge is 0.142 e. The fraction of sp³-hybridized carbons (Fsp3) is 0.600. The van der Waals surface area contributed by atoms with Crippen molar-refractivity contribution >= 4 is 11.6 Å². The Morgan fingerprint density at radius 3 is 2.53 bits per heavy atom. The first kappa shape index (κ1) is 14.8. The predicted molar refractivity (Wildman–Crippen MR) is 73.7 cm³/mol. The molecule has 1 aliphatic rings. The summed E-state index contributed by atoms with van der Waals surface area (Å²) in [5.41, 5.74) is 0.657. The molecule has 2 nitrogen and oxygen atoms in total. The molecule has 1 saturated carbocycles. The highest BCUT2D eigenvalue weighted by molar-refractivity contribution is 6.30. The Morgan fingerprint density at radius 2 is 1.89 bits per heavy atom. The zero-order valence-electron chi connectivity index (χ0n) is 10.9. The summed E-state index contributed by atoms with van der Waals surface area (Å²) in [6, 6.07) is 4.48. The van der Waals surface area contributed by atoms with Crippen LogP contribution in [0.2, 0.25) is 5.02 Å². The van der Waals surface area contributed by atoms with Crippen molar-refractivity contribution in [1.82, 2.24) is 0 Å². The second-order valence-corrected chi connectivity index (χ2v) is 5.82. The summed E-state index contributed by atoms with van der Waals surface area (Å²) in [7, 11) is 0. The molecule has 2 atom stereocenters. The molecular weight excluding hydrogens is 267 g/mol. The lowest BCUT2D eigenvalue weighted by atomic mass is 9.82. The molecule has 0 spiro atoms. The van der Waals surface area contributed by atoms with E-state index in [2.05, 4.69) is 0 Å². The molecule has 4 heteroatoms. The molecule has 1 aromatic rings. The Morgan fingerprint density at radius 1 is 1.21 bits per heavy atom. The van der Waals surface area contributed by atoms with E-state index in [0.29, 0.717) is 5.56 Å². The summed E-state index contributed by atoms with van der Waals surface area (Å²) in [6.45, 7) is 0. The SMILES string of the molecule is OC(Cc1ccc(Cl)c(F)c1)C(O)C1CCCCC1. The molecule has 106 valence electrons. The van der Waals surface area contributed by atoms with Crippen molar-refractivity contribution < 1.29 is 14.6 Å². The highest BCUT2D eigenvalue weighted by Gasteiger charge is 2.27. The lowest BCUT2D eigenvalue weighted by Crippen LogP contribution is -2.36. The van der Waals surface area contributed by atoms with Crippen molar-refractivity contribution in [3.63, 3.8) is 0 Å². The van der Waals surface area contributed by atoms with E-state index < -0.39 is 18.0 Å². The molecule has 0 aliphatic heterocycles. The normalized spacial score (nSPS) is 20.2. The van der Waals surface area contributed by atoms with Crippen LogP contribution >= 0.6 is 11.6 Å². The molecule has 0 amide bonds. The van der Waals surface area contributed by atoms with E-state index >= 15 is 0 Å². The number of rotatable bonds is 4. The maximum Gasteiger partial charge on any atom is 0.142 e. The standard InChI is InChI=1S/C15H20ClFO2/c16-12-7-6-10(8-13(12)17)9-14(18)15(19)11-4-2-1-3-5-11/h6-8,11,14-15,18-19H,1-5,9H2. The summed E-state index contributed by atoms with van der Waals surface area (Å²) in [5.74, 6) is -0.320. The van der Waals surface area contributed by atoms with Gasteiger partial charge in [0.25, 0.3) is 0 Å². The van der Waals surface area contributed by atoms with E-state index in [0.717, 1.165) is 25.7 Å². The van der Waals surface area contributed by atoms with Crippen LogP contribution in [0.1, 0.15) is 37.7 Å². The van der Waals surface area contributed by atoms with Crippen LogP contribution < -0.4 is 0 Å². The fourth-order valence-corrected chi connectivity index (χ4v) is 2.94. The zero-order valence-corrected chi connectivity index (χ0v) is 11.6. The van der Waals surface area contributed by atoms with Crippen LogP contribution in [0.5, 0.6) is 0 Å². The van der Waals surface area contributed by atoms with Gasteiger partial charge in [-0.2, -0.15) is 0 Å². The van der Waals surface area contributed by atoms with Gasteiger partial charge in [0.05, 0.1) is 17.2 Å². The first-order valence-electron chi connectivity index (χ1n) is 6.88. The zero-order chi connectivity index (χ0) is 13.8. The molecule has 0 heterocycles. The van der Waals surface area contributed by atoms with Crippen LogP contribution in [0.4, 0.5) is 4.39 Å². The van der Waals surface area contributed by atoms with Gasteiger partial charge in [-0.05, 0) is 36.5 Å². The van der Waals surface area contributed by atoms with Crippen molar-refractivity contribution in [1.29, 1.82) is 0 Å². The maximum atomic E-state index is 13.3. The Kier molecular flexibility index (Phi) is 5.20. The second kappa shape index (κ2) is 6.69. The van der Waals surface area contributed by atoms with Crippen LogP contribution in [0.15, 0.2) is 18.2 Å². The van der Waals surface area contributed by atoms with Crippen LogP contribution in [0.3, 0.4) is 0 Å². The number of aliphatic hydroxyl groups is 2. The maximum absolute atomic E-state index is 13.3. The summed E-state index contributed by atoms with van der Waals surface area (Å²) >= 11 is 5.61. The van der Waals surface area contributed by atoms with Crippen molar-refractivity contribution in [3.05, 3.63) is 34.6 Å². The molecule has 1 fully saturated rings. The Hall–Kier alpha value is -0.640. The molecular formula is C15H20ClFO2.